The van der Waals surface area contributed by atoms with E-state index in [1.165, 1.54) is 6.42 Å². The summed E-state index contributed by atoms with van der Waals surface area (Å²) in [6, 6.07) is 0.417. The van der Waals surface area contributed by atoms with Crippen molar-refractivity contribution >= 4 is 0 Å². The summed E-state index contributed by atoms with van der Waals surface area (Å²) in [4.78, 5) is 0. The molecule has 0 spiro atoms. The summed E-state index contributed by atoms with van der Waals surface area (Å²) in [5.74, 6) is 0.648. The average Bonchev–Trinajstić information content (AvgIpc) is 1.67. The average molecular weight is 133 g/mol. The van der Waals surface area contributed by atoms with Crippen LogP contribution in [0, 0.1) is 5.92 Å². The van der Waals surface area contributed by atoms with Gasteiger partial charge in [0.25, 0.3) is 0 Å². The summed E-state index contributed by atoms with van der Waals surface area (Å²) in [7, 11) is 0. The lowest BCUT2D eigenvalue weighted by Gasteiger charge is -2.12. The van der Waals surface area contributed by atoms with Gasteiger partial charge in [-0.3, -0.25) is 0 Å². The monoisotopic (exact) mass is 133 g/mol. The second-order valence-corrected chi connectivity index (χ2v) is 2.70. The Morgan fingerprint density at radius 2 is 1.78 bits per heavy atom. The molecule has 0 radical (unpaired) electrons. The van der Waals surface area contributed by atoms with Gasteiger partial charge < -0.3 is 11.2 Å². The van der Waals surface area contributed by atoms with Gasteiger partial charge in [-0.2, -0.15) is 0 Å². The molecule has 0 saturated heterocycles. The fraction of sp³-hybridized carbons (Fsp3) is 1.00. The van der Waals surface area contributed by atoms with Crippen LogP contribution in [0.25, 0.3) is 0 Å². The van der Waals surface area contributed by atoms with E-state index in [0.717, 1.165) is 6.42 Å². The van der Waals surface area contributed by atoms with Gasteiger partial charge in [-0.25, -0.2) is 0 Å². The molecule has 4 N–H and O–H groups in total. The standard InChI is InChI=1S/C7H17N.H2O/c1-4-5-7(8)6(2)3;/h6-7H,4-5,8H2,1-3H3;1H2. The molecular weight excluding hydrogens is 114 g/mol. The van der Waals surface area contributed by atoms with Crippen molar-refractivity contribution in [2.75, 3.05) is 0 Å². The van der Waals surface area contributed by atoms with Crippen LogP contribution in [0.4, 0.5) is 0 Å². The summed E-state index contributed by atoms with van der Waals surface area (Å²) < 4.78 is 0. The van der Waals surface area contributed by atoms with Crippen molar-refractivity contribution in [2.24, 2.45) is 11.7 Å². The minimum absolute atomic E-state index is 0. The molecule has 0 saturated carbocycles. The summed E-state index contributed by atoms with van der Waals surface area (Å²) in [5.41, 5.74) is 5.73. The third-order valence-electron chi connectivity index (χ3n) is 1.48. The fourth-order valence-electron chi connectivity index (χ4n) is 0.667. The summed E-state index contributed by atoms with van der Waals surface area (Å²) >= 11 is 0. The molecule has 0 aliphatic rings. The van der Waals surface area contributed by atoms with Gasteiger partial charge in [0.05, 0.1) is 0 Å². The van der Waals surface area contributed by atoms with Crippen LogP contribution >= 0.6 is 0 Å². The Morgan fingerprint density at radius 1 is 1.33 bits per heavy atom. The van der Waals surface area contributed by atoms with Crippen molar-refractivity contribution in [1.82, 2.24) is 0 Å². The van der Waals surface area contributed by atoms with Gasteiger partial charge >= 0.3 is 0 Å². The molecular formula is C7H19NO. The van der Waals surface area contributed by atoms with Crippen LogP contribution in [-0.2, 0) is 0 Å². The molecule has 9 heavy (non-hydrogen) atoms. The lowest BCUT2D eigenvalue weighted by atomic mass is 10.0. The van der Waals surface area contributed by atoms with Crippen LogP contribution in [0.5, 0.6) is 0 Å². The highest BCUT2D eigenvalue weighted by molar-refractivity contribution is 4.62. The fourth-order valence-corrected chi connectivity index (χ4v) is 0.667. The van der Waals surface area contributed by atoms with E-state index in [4.69, 9.17) is 5.73 Å². The van der Waals surface area contributed by atoms with E-state index in [-0.39, 0.29) is 5.48 Å². The third-order valence-corrected chi connectivity index (χ3v) is 1.48. The second kappa shape index (κ2) is 6.05. The molecule has 1 unspecified atom stereocenters. The zero-order chi connectivity index (χ0) is 6.57. The van der Waals surface area contributed by atoms with Crippen molar-refractivity contribution in [2.45, 2.75) is 39.7 Å². The van der Waals surface area contributed by atoms with Crippen molar-refractivity contribution < 1.29 is 5.48 Å². The van der Waals surface area contributed by atoms with E-state index in [1.807, 2.05) is 0 Å². The zero-order valence-corrected chi connectivity index (χ0v) is 6.65. The van der Waals surface area contributed by atoms with Gasteiger partial charge in [-0.1, -0.05) is 27.2 Å². The van der Waals surface area contributed by atoms with Gasteiger partial charge in [0.1, 0.15) is 0 Å². The topological polar surface area (TPSA) is 57.5 Å². The maximum atomic E-state index is 5.73. The summed E-state index contributed by atoms with van der Waals surface area (Å²) in [6.07, 6.45) is 2.37. The van der Waals surface area contributed by atoms with Gasteiger partial charge in [-0.05, 0) is 12.3 Å². The van der Waals surface area contributed by atoms with E-state index >= 15 is 0 Å². The molecule has 0 aromatic rings. The predicted octanol–water partition coefficient (Wildman–Crippen LogP) is 0.945. The first kappa shape index (κ1) is 11.7. The zero-order valence-electron chi connectivity index (χ0n) is 6.65. The lowest BCUT2D eigenvalue weighted by Crippen LogP contribution is -2.25. The molecule has 2 nitrogen and oxygen atoms in total. The molecule has 0 amide bonds. The van der Waals surface area contributed by atoms with Crippen molar-refractivity contribution in [3.05, 3.63) is 0 Å². The Kier molecular flexibility index (Phi) is 7.85. The Morgan fingerprint density at radius 3 is 1.89 bits per heavy atom. The normalized spacial score (nSPS) is 13.0. The van der Waals surface area contributed by atoms with Gasteiger partial charge in [0.2, 0.25) is 0 Å². The Bertz CT molecular complexity index is 54.9. The third kappa shape index (κ3) is 5.80. The van der Waals surface area contributed by atoms with Crippen molar-refractivity contribution in [1.29, 1.82) is 0 Å². The molecule has 0 aromatic heterocycles. The molecule has 58 valence electrons. The highest BCUT2D eigenvalue weighted by Crippen LogP contribution is 2.03. The van der Waals surface area contributed by atoms with E-state index in [0.29, 0.717) is 12.0 Å². The van der Waals surface area contributed by atoms with Gasteiger partial charge in [0.15, 0.2) is 0 Å². The maximum absolute atomic E-state index is 5.73. The van der Waals surface area contributed by atoms with Crippen LogP contribution in [0.2, 0.25) is 0 Å². The number of nitrogens with two attached hydrogens (primary N) is 1. The van der Waals surface area contributed by atoms with E-state index in [9.17, 15) is 0 Å². The molecule has 0 fully saturated rings. The largest absolute Gasteiger partial charge is 0.412 e. The molecule has 0 rings (SSSR count). The second-order valence-electron chi connectivity index (χ2n) is 2.70. The van der Waals surface area contributed by atoms with Crippen LogP contribution in [0.3, 0.4) is 0 Å². The van der Waals surface area contributed by atoms with Gasteiger partial charge in [-0.15, -0.1) is 0 Å². The SMILES string of the molecule is CCCC(N)C(C)C.O. The lowest BCUT2D eigenvalue weighted by molar-refractivity contribution is 0.460. The quantitative estimate of drug-likeness (QED) is 0.612. The first-order valence-electron chi connectivity index (χ1n) is 3.44. The maximum Gasteiger partial charge on any atom is 0.00617 e. The minimum atomic E-state index is 0. The smallest absolute Gasteiger partial charge is 0.00617 e. The summed E-state index contributed by atoms with van der Waals surface area (Å²) in [5, 5.41) is 0. The van der Waals surface area contributed by atoms with Crippen molar-refractivity contribution in [3.63, 3.8) is 0 Å². The molecule has 1 atom stereocenters. The number of rotatable bonds is 3. The van der Waals surface area contributed by atoms with Gasteiger partial charge in [0, 0.05) is 6.04 Å². The van der Waals surface area contributed by atoms with Crippen LogP contribution in [0.1, 0.15) is 33.6 Å². The first-order chi connectivity index (χ1) is 3.68. The Labute approximate surface area is 57.7 Å². The van der Waals surface area contributed by atoms with Crippen LogP contribution < -0.4 is 5.73 Å². The molecule has 2 heteroatoms. The predicted molar refractivity (Wildman–Crippen MR) is 41.3 cm³/mol. The van der Waals surface area contributed by atoms with Crippen LogP contribution in [0.15, 0.2) is 0 Å². The molecule has 0 aliphatic heterocycles. The summed E-state index contributed by atoms with van der Waals surface area (Å²) in [6.45, 7) is 6.50. The molecule has 0 bridgehead atoms. The Hall–Kier alpha value is -0.0800. The number of hydrogen-bond donors (Lipinski definition) is 1. The number of hydrogen-bond acceptors (Lipinski definition) is 1. The Balaban J connectivity index is 0. The minimum Gasteiger partial charge on any atom is -0.412 e. The van der Waals surface area contributed by atoms with E-state index in [1.54, 1.807) is 0 Å². The molecule has 0 aliphatic carbocycles. The molecule has 0 heterocycles. The van der Waals surface area contributed by atoms with Crippen molar-refractivity contribution in [3.8, 4) is 0 Å². The van der Waals surface area contributed by atoms with Crippen LogP contribution in [-0.4, -0.2) is 11.5 Å². The first-order valence-corrected chi connectivity index (χ1v) is 3.44. The molecule has 0 aromatic carbocycles. The highest BCUT2D eigenvalue weighted by atomic mass is 16.0. The van der Waals surface area contributed by atoms with E-state index < -0.39 is 0 Å². The highest BCUT2D eigenvalue weighted by Gasteiger charge is 2.03. The van der Waals surface area contributed by atoms with E-state index in [2.05, 4.69) is 20.8 Å².